The smallest absolute Gasteiger partial charge is 0.0207 e. The van der Waals surface area contributed by atoms with Crippen LogP contribution in [0.1, 0.15) is 40.5 Å². The topological polar surface area (TPSA) is 15.3 Å². The van der Waals surface area contributed by atoms with Crippen LogP contribution in [0, 0.1) is 5.92 Å². The van der Waals surface area contributed by atoms with Crippen molar-refractivity contribution in [2.24, 2.45) is 5.92 Å². The van der Waals surface area contributed by atoms with E-state index in [1.54, 1.807) is 0 Å². The highest BCUT2D eigenvalue weighted by Gasteiger charge is 2.23. The molecule has 2 heteroatoms. The van der Waals surface area contributed by atoms with Gasteiger partial charge < -0.3 is 5.32 Å². The fraction of sp³-hybridized carbons (Fsp3) is 1.00. The van der Waals surface area contributed by atoms with E-state index in [1.165, 1.54) is 32.5 Å². The molecule has 0 aliphatic carbocycles. The number of likely N-dealkylation sites (tertiary alicyclic amines) is 1. The Morgan fingerprint density at radius 1 is 1.36 bits per heavy atom. The Kier molecular flexibility index (Phi) is 4.90. The van der Waals surface area contributed by atoms with Crippen LogP contribution in [-0.2, 0) is 0 Å². The van der Waals surface area contributed by atoms with E-state index in [0.29, 0.717) is 6.04 Å². The van der Waals surface area contributed by atoms with Gasteiger partial charge in [0.15, 0.2) is 0 Å². The molecule has 2 unspecified atom stereocenters. The van der Waals surface area contributed by atoms with Crippen LogP contribution in [0.5, 0.6) is 0 Å². The van der Waals surface area contributed by atoms with Gasteiger partial charge in [-0.15, -0.1) is 0 Å². The van der Waals surface area contributed by atoms with Gasteiger partial charge in [0.1, 0.15) is 0 Å². The zero-order valence-electron chi connectivity index (χ0n) is 10.2. The highest BCUT2D eigenvalue weighted by molar-refractivity contribution is 4.82. The Labute approximate surface area is 89.1 Å². The van der Waals surface area contributed by atoms with Gasteiger partial charge in [-0.1, -0.05) is 20.3 Å². The van der Waals surface area contributed by atoms with Crippen molar-refractivity contribution in [3.63, 3.8) is 0 Å². The highest BCUT2D eigenvalue weighted by Crippen LogP contribution is 2.12. The van der Waals surface area contributed by atoms with Crippen molar-refractivity contribution in [2.75, 3.05) is 19.6 Å². The molecule has 1 saturated heterocycles. The molecular formula is C12H26N2. The summed E-state index contributed by atoms with van der Waals surface area (Å²) < 4.78 is 0. The number of hydrogen-bond acceptors (Lipinski definition) is 2. The third-order valence-electron chi connectivity index (χ3n) is 3.40. The fourth-order valence-electron chi connectivity index (χ4n) is 1.94. The average molecular weight is 198 g/mol. The molecule has 0 aromatic rings. The lowest BCUT2D eigenvalue weighted by molar-refractivity contribution is 0.267. The van der Waals surface area contributed by atoms with E-state index in [4.69, 9.17) is 0 Å². The predicted molar refractivity (Wildman–Crippen MR) is 62.6 cm³/mol. The van der Waals surface area contributed by atoms with Gasteiger partial charge in [0.05, 0.1) is 0 Å². The van der Waals surface area contributed by atoms with Gasteiger partial charge in [0.2, 0.25) is 0 Å². The van der Waals surface area contributed by atoms with E-state index in [0.717, 1.165) is 12.0 Å². The minimum atomic E-state index is 0.713. The summed E-state index contributed by atoms with van der Waals surface area (Å²) in [4.78, 5) is 2.56. The van der Waals surface area contributed by atoms with Crippen molar-refractivity contribution in [3.8, 4) is 0 Å². The lowest BCUT2D eigenvalue weighted by Gasteiger charge is -2.21. The summed E-state index contributed by atoms with van der Waals surface area (Å²) in [6, 6.07) is 1.46. The van der Waals surface area contributed by atoms with Crippen molar-refractivity contribution >= 4 is 0 Å². The van der Waals surface area contributed by atoms with E-state index in [-0.39, 0.29) is 0 Å². The largest absolute Gasteiger partial charge is 0.312 e. The first-order valence-corrected chi connectivity index (χ1v) is 6.11. The zero-order valence-corrected chi connectivity index (χ0v) is 10.2. The normalized spacial score (nSPS) is 25.9. The Morgan fingerprint density at radius 2 is 2.07 bits per heavy atom. The minimum Gasteiger partial charge on any atom is -0.312 e. The lowest BCUT2D eigenvalue weighted by Crippen LogP contribution is -2.36. The molecule has 14 heavy (non-hydrogen) atoms. The number of nitrogens with one attached hydrogen (secondary N) is 1. The van der Waals surface area contributed by atoms with Crippen LogP contribution in [0.25, 0.3) is 0 Å². The van der Waals surface area contributed by atoms with E-state index in [1.807, 2.05) is 0 Å². The first kappa shape index (κ1) is 12.0. The average Bonchev–Trinajstić information content (AvgIpc) is 2.62. The molecule has 1 fully saturated rings. The van der Waals surface area contributed by atoms with Crippen LogP contribution in [0.2, 0.25) is 0 Å². The van der Waals surface area contributed by atoms with E-state index in [9.17, 15) is 0 Å². The fourth-order valence-corrected chi connectivity index (χ4v) is 1.94. The van der Waals surface area contributed by atoms with Crippen molar-refractivity contribution < 1.29 is 0 Å². The van der Waals surface area contributed by atoms with Crippen LogP contribution in [0.4, 0.5) is 0 Å². The summed E-state index contributed by atoms with van der Waals surface area (Å²) in [5.41, 5.74) is 0. The Hall–Kier alpha value is -0.0800. The lowest BCUT2D eigenvalue weighted by atomic mass is 10.1. The molecule has 0 bridgehead atoms. The maximum absolute atomic E-state index is 3.68. The quantitative estimate of drug-likeness (QED) is 0.728. The van der Waals surface area contributed by atoms with E-state index in [2.05, 4.69) is 37.9 Å². The second kappa shape index (κ2) is 5.72. The molecule has 0 aromatic heterocycles. The molecule has 1 rings (SSSR count). The molecule has 1 heterocycles. The first-order valence-electron chi connectivity index (χ1n) is 6.11. The van der Waals surface area contributed by atoms with Crippen molar-refractivity contribution in [2.45, 2.75) is 52.6 Å². The van der Waals surface area contributed by atoms with Crippen LogP contribution >= 0.6 is 0 Å². The summed E-state index contributed by atoms with van der Waals surface area (Å²) in [5.74, 6) is 0.822. The van der Waals surface area contributed by atoms with Crippen molar-refractivity contribution in [1.82, 2.24) is 10.2 Å². The highest BCUT2D eigenvalue weighted by atomic mass is 15.2. The molecule has 0 aromatic carbocycles. The van der Waals surface area contributed by atoms with Gasteiger partial charge in [-0.25, -0.2) is 0 Å². The summed E-state index contributed by atoms with van der Waals surface area (Å²) in [7, 11) is 0. The van der Waals surface area contributed by atoms with Gasteiger partial charge in [-0.2, -0.15) is 0 Å². The summed E-state index contributed by atoms with van der Waals surface area (Å²) in [6.45, 7) is 12.9. The molecule has 0 amide bonds. The van der Waals surface area contributed by atoms with Crippen LogP contribution in [0.15, 0.2) is 0 Å². The molecule has 2 nitrogen and oxygen atoms in total. The molecule has 2 atom stereocenters. The molecule has 1 N–H and O–H groups in total. The predicted octanol–water partition coefficient (Wildman–Crippen LogP) is 2.10. The first-order chi connectivity index (χ1) is 6.63. The van der Waals surface area contributed by atoms with Gasteiger partial charge in [-0.05, 0) is 39.3 Å². The molecule has 0 saturated carbocycles. The molecular weight excluding hydrogens is 172 g/mol. The Balaban J connectivity index is 2.16. The summed E-state index contributed by atoms with van der Waals surface area (Å²) in [6.07, 6.45) is 2.61. The molecule has 0 radical (unpaired) electrons. The van der Waals surface area contributed by atoms with Gasteiger partial charge in [-0.3, -0.25) is 4.90 Å². The molecule has 1 aliphatic rings. The SMILES string of the molecule is CCC(C)CNC1CCN(C(C)C)C1. The van der Waals surface area contributed by atoms with Crippen molar-refractivity contribution in [1.29, 1.82) is 0 Å². The number of hydrogen-bond donors (Lipinski definition) is 1. The van der Waals surface area contributed by atoms with E-state index < -0.39 is 0 Å². The third kappa shape index (κ3) is 3.58. The van der Waals surface area contributed by atoms with Crippen LogP contribution < -0.4 is 5.32 Å². The second-order valence-electron chi connectivity index (χ2n) is 5.00. The van der Waals surface area contributed by atoms with Gasteiger partial charge >= 0.3 is 0 Å². The summed E-state index contributed by atoms with van der Waals surface area (Å²) in [5, 5.41) is 3.68. The molecule has 0 spiro atoms. The maximum atomic E-state index is 3.68. The van der Waals surface area contributed by atoms with Gasteiger partial charge in [0, 0.05) is 18.6 Å². The van der Waals surface area contributed by atoms with Gasteiger partial charge in [0.25, 0.3) is 0 Å². The zero-order chi connectivity index (χ0) is 10.6. The Bertz CT molecular complexity index is 156. The second-order valence-corrected chi connectivity index (χ2v) is 5.00. The third-order valence-corrected chi connectivity index (χ3v) is 3.40. The van der Waals surface area contributed by atoms with Crippen LogP contribution in [-0.4, -0.2) is 36.6 Å². The molecule has 1 aliphatic heterocycles. The minimum absolute atomic E-state index is 0.713. The van der Waals surface area contributed by atoms with E-state index >= 15 is 0 Å². The maximum Gasteiger partial charge on any atom is 0.0207 e. The van der Waals surface area contributed by atoms with Crippen LogP contribution in [0.3, 0.4) is 0 Å². The summed E-state index contributed by atoms with van der Waals surface area (Å²) >= 11 is 0. The Morgan fingerprint density at radius 3 is 2.57 bits per heavy atom. The molecule has 84 valence electrons. The monoisotopic (exact) mass is 198 g/mol. The number of rotatable bonds is 5. The van der Waals surface area contributed by atoms with Crippen molar-refractivity contribution in [3.05, 3.63) is 0 Å². The number of nitrogens with zero attached hydrogens (tertiary/aromatic N) is 1. The standard InChI is InChI=1S/C12H26N2/c1-5-11(4)8-13-12-6-7-14(9-12)10(2)3/h10-13H,5-9H2,1-4H3.